The highest BCUT2D eigenvalue weighted by molar-refractivity contribution is 6.19. The molecule has 1 aromatic rings. The first-order chi connectivity index (χ1) is 22.3. The zero-order chi connectivity index (χ0) is 35.2. The normalized spacial score (nSPS) is 30.9. The lowest BCUT2D eigenvalue weighted by molar-refractivity contribution is -0.171. The number of aliphatic hydroxyl groups excluding tert-OH is 1. The minimum absolute atomic E-state index is 0. The van der Waals surface area contributed by atoms with Crippen LogP contribution in [-0.4, -0.2) is 67.5 Å². The number of aromatic hydroxyl groups is 1. The van der Waals surface area contributed by atoms with Crippen LogP contribution in [0.2, 0.25) is 0 Å². The Balaban J connectivity index is 0.00000468. The number of benzene rings is 1. The van der Waals surface area contributed by atoms with E-state index in [1.165, 1.54) is 19.4 Å². The van der Waals surface area contributed by atoms with Crippen molar-refractivity contribution in [3.05, 3.63) is 57.9 Å². The van der Waals surface area contributed by atoms with Crippen LogP contribution in [0.15, 0.2) is 41.2 Å². The molecule has 1 saturated heterocycles. The molecular weight excluding hydrogens is 628 g/mol. The summed E-state index contributed by atoms with van der Waals surface area (Å²) in [5.41, 5.74) is -4.63. The summed E-state index contributed by atoms with van der Waals surface area (Å²) in [4.78, 5) is 40.2. The van der Waals surface area contributed by atoms with Crippen LogP contribution < -0.4 is 9.47 Å². The lowest BCUT2D eigenvalue weighted by Crippen LogP contribution is -2.72. The number of fused-ring (bicyclic) bond motifs is 2. The van der Waals surface area contributed by atoms with Crippen LogP contribution in [0.3, 0.4) is 0 Å². The molecule has 7 rings (SSSR count). The van der Waals surface area contributed by atoms with Gasteiger partial charge in [-0.15, -0.1) is 0 Å². The van der Waals surface area contributed by atoms with Gasteiger partial charge >= 0.3 is 0 Å². The minimum atomic E-state index is -1.66. The van der Waals surface area contributed by atoms with Crippen molar-refractivity contribution in [3.63, 3.8) is 0 Å². The summed E-state index contributed by atoms with van der Waals surface area (Å²) in [6.45, 7) is 14.6. The molecule has 0 amide bonds. The summed E-state index contributed by atoms with van der Waals surface area (Å²) >= 11 is 0. The molecule has 3 aliphatic carbocycles. The molecule has 1 saturated carbocycles. The predicted octanol–water partition coefficient (Wildman–Crippen LogP) is 6.09. The van der Waals surface area contributed by atoms with Gasteiger partial charge in [-0.25, -0.2) is 0 Å². The topological polar surface area (TPSA) is 149 Å². The summed E-state index contributed by atoms with van der Waals surface area (Å²) in [5.74, 6) is -1.65. The van der Waals surface area contributed by atoms with Crippen molar-refractivity contribution in [2.24, 2.45) is 11.8 Å². The Labute approximate surface area is 288 Å². The molecule has 0 radical (unpaired) electrons. The smallest absolute Gasteiger partial charge is 0.298 e. The molecule has 0 aromatic heterocycles. The molecule has 3 N–H and O–H groups in total. The number of allylic oxidation sites excluding steroid dienone is 4. The second-order valence-electron chi connectivity index (χ2n) is 15.5. The van der Waals surface area contributed by atoms with E-state index in [4.69, 9.17) is 18.9 Å². The molecule has 3 unspecified atom stereocenters. The van der Waals surface area contributed by atoms with Gasteiger partial charge in [0.15, 0.2) is 22.8 Å². The van der Waals surface area contributed by atoms with E-state index in [9.17, 15) is 29.7 Å². The highest BCUT2D eigenvalue weighted by Gasteiger charge is 2.81. The first kappa shape index (κ1) is 36.5. The third-order valence-electron chi connectivity index (χ3n) is 10.9. The molecule has 6 atom stereocenters. The van der Waals surface area contributed by atoms with Crippen molar-refractivity contribution < 1.29 is 48.7 Å². The van der Waals surface area contributed by atoms with Crippen LogP contribution in [-0.2, 0) is 25.5 Å². The van der Waals surface area contributed by atoms with Gasteiger partial charge in [0, 0.05) is 35.8 Å². The van der Waals surface area contributed by atoms with E-state index in [0.29, 0.717) is 24.9 Å². The van der Waals surface area contributed by atoms with Gasteiger partial charge in [-0.3, -0.25) is 14.4 Å². The first-order valence-corrected chi connectivity index (χ1v) is 16.6. The van der Waals surface area contributed by atoms with Gasteiger partial charge in [-0.05, 0) is 92.9 Å². The number of ketones is 2. The Morgan fingerprint density at radius 3 is 2.45 bits per heavy atom. The van der Waals surface area contributed by atoms with Gasteiger partial charge in [-0.1, -0.05) is 25.2 Å². The molecule has 49 heavy (non-hydrogen) atoms. The summed E-state index contributed by atoms with van der Waals surface area (Å²) < 4.78 is 25.5. The van der Waals surface area contributed by atoms with E-state index in [2.05, 4.69) is 6.08 Å². The van der Waals surface area contributed by atoms with Crippen LogP contribution in [0.25, 0.3) is 6.08 Å². The van der Waals surface area contributed by atoms with Crippen LogP contribution in [0, 0.1) is 11.8 Å². The lowest BCUT2D eigenvalue weighted by Gasteiger charge is -2.56. The van der Waals surface area contributed by atoms with Crippen molar-refractivity contribution in [2.75, 3.05) is 0 Å². The van der Waals surface area contributed by atoms with Gasteiger partial charge in [0.25, 0.3) is 6.47 Å². The summed E-state index contributed by atoms with van der Waals surface area (Å²) in [6.07, 6.45) is 9.12. The number of hydrogen-bond donors (Lipinski definition) is 3. The van der Waals surface area contributed by atoms with Crippen molar-refractivity contribution >= 4 is 24.1 Å². The van der Waals surface area contributed by atoms with Crippen molar-refractivity contribution in [1.29, 1.82) is 0 Å². The molecule has 2 fully saturated rings. The molecule has 266 valence electrons. The summed E-state index contributed by atoms with van der Waals surface area (Å²) in [5, 5.41) is 33.9. The second kappa shape index (κ2) is 12.0. The van der Waals surface area contributed by atoms with Crippen molar-refractivity contribution in [3.8, 4) is 17.2 Å². The van der Waals surface area contributed by atoms with E-state index >= 15 is 0 Å². The van der Waals surface area contributed by atoms with E-state index in [-0.39, 0.29) is 65.8 Å². The number of aliphatic hydroxyl groups is 2. The number of carbonyl (C=O) groups excluding carboxylic acids is 3. The number of hydrogen-bond acceptors (Lipinski definition) is 10. The molecular formula is C39H50O10. The van der Waals surface area contributed by atoms with Crippen molar-refractivity contribution in [1.82, 2.24) is 0 Å². The van der Waals surface area contributed by atoms with E-state index < -0.39 is 51.7 Å². The Morgan fingerprint density at radius 1 is 1.12 bits per heavy atom. The Bertz CT molecular complexity index is 1720. The maximum absolute atomic E-state index is 14.8. The van der Waals surface area contributed by atoms with Crippen LogP contribution in [0.1, 0.15) is 110 Å². The maximum atomic E-state index is 14.8. The fraction of sp³-hybridized carbons (Fsp3) is 0.564. The summed E-state index contributed by atoms with van der Waals surface area (Å²) in [7, 11) is 0. The molecule has 1 aromatic carbocycles. The number of Topliss-reactive ketones (excluding diaryl/α,β-unsaturated/α-hetero) is 2. The van der Waals surface area contributed by atoms with Crippen molar-refractivity contribution in [2.45, 2.75) is 129 Å². The maximum Gasteiger partial charge on any atom is 0.298 e. The molecule has 1 spiro atoms. The number of ether oxygens (including phenoxy) is 4. The SMILES string of the molecule is C.CC(C)=CCC[C@@]1(C)C=Cc2c(O)c3c(c(CC(O)C(C)(C)O)c2O1)O[C@]12C(=CC4CC1C(C)(C)O[C@]2(C/C=C(/C)OC=O)C4=O)C3=O. The Kier molecular flexibility index (Phi) is 8.92. The highest BCUT2D eigenvalue weighted by Crippen LogP contribution is 2.68. The minimum Gasteiger partial charge on any atom is -0.506 e. The highest BCUT2D eigenvalue weighted by atomic mass is 16.6. The molecule has 4 bridgehead atoms. The Morgan fingerprint density at radius 2 is 1.82 bits per heavy atom. The zero-order valence-electron chi connectivity index (χ0n) is 28.9. The van der Waals surface area contributed by atoms with Crippen LogP contribution in [0.5, 0.6) is 17.2 Å². The van der Waals surface area contributed by atoms with Gasteiger partial charge in [0.2, 0.25) is 0 Å². The monoisotopic (exact) mass is 678 g/mol. The third kappa shape index (κ3) is 5.38. The van der Waals surface area contributed by atoms with Gasteiger partial charge in [-0.2, -0.15) is 0 Å². The third-order valence-corrected chi connectivity index (χ3v) is 10.9. The van der Waals surface area contributed by atoms with E-state index in [1.54, 1.807) is 25.2 Å². The largest absolute Gasteiger partial charge is 0.506 e. The number of carbonyl (C=O) groups is 3. The number of phenolic OH excluding ortho intramolecular Hbond substituents is 1. The average molecular weight is 679 g/mol. The molecule has 10 nitrogen and oxygen atoms in total. The molecule has 10 heteroatoms. The lowest BCUT2D eigenvalue weighted by atomic mass is 9.51. The Hall–Kier alpha value is -3.73. The quantitative estimate of drug-likeness (QED) is 0.151. The molecule has 6 aliphatic rings. The van der Waals surface area contributed by atoms with E-state index in [0.717, 1.165) is 6.42 Å². The summed E-state index contributed by atoms with van der Waals surface area (Å²) in [6, 6.07) is 0. The molecule has 3 heterocycles. The van der Waals surface area contributed by atoms with Gasteiger partial charge < -0.3 is 34.3 Å². The first-order valence-electron chi connectivity index (χ1n) is 16.6. The standard InChI is InChI=1S/C38H46O10.CH4/c1-20(2)10-9-13-36(8)14-12-23-29(41)28-30(42)25-16-22-17-26-35(6,7)48-37(33(22)43,15-11-21(3)45-19-39)38(25,26)47-32(28)24(31(23)46-36)18-27(40)34(4,5)44;/h10-12,14,16,19,22,26-27,40-41,44H,9,13,15,17-18H2,1-8H3;1H4/b21-11-;/t22?,26?,27?,36-,37+,38+;/m0./s1. The van der Waals surface area contributed by atoms with Crippen LogP contribution >= 0.6 is 0 Å². The average Bonchev–Trinajstić information content (AvgIpc) is 3.14. The predicted molar refractivity (Wildman–Crippen MR) is 183 cm³/mol. The van der Waals surface area contributed by atoms with Gasteiger partial charge in [0.05, 0.1) is 22.9 Å². The zero-order valence-corrected chi connectivity index (χ0v) is 28.9. The fourth-order valence-electron chi connectivity index (χ4n) is 8.34. The molecule has 3 aliphatic heterocycles. The fourth-order valence-corrected chi connectivity index (χ4v) is 8.34. The van der Waals surface area contributed by atoms with Crippen LogP contribution in [0.4, 0.5) is 0 Å². The number of phenols is 1. The number of rotatable bonds is 10. The second-order valence-corrected chi connectivity index (χ2v) is 15.5. The van der Waals surface area contributed by atoms with Gasteiger partial charge in [0.1, 0.15) is 34.2 Å². The van der Waals surface area contributed by atoms with E-state index in [1.807, 2.05) is 40.7 Å².